The van der Waals surface area contributed by atoms with Gasteiger partial charge < -0.3 is 19.9 Å². The fourth-order valence-electron chi connectivity index (χ4n) is 2.63. The number of rotatable bonds is 7. The summed E-state index contributed by atoms with van der Waals surface area (Å²) >= 11 is 0. The van der Waals surface area contributed by atoms with Crippen LogP contribution in [0.3, 0.4) is 0 Å². The summed E-state index contributed by atoms with van der Waals surface area (Å²) in [5, 5.41) is 0. The van der Waals surface area contributed by atoms with E-state index >= 15 is 0 Å². The lowest BCUT2D eigenvalue weighted by Gasteiger charge is -2.16. The molecule has 0 aliphatic carbocycles. The Kier molecular flexibility index (Phi) is 5.88. The molecule has 0 spiro atoms. The summed E-state index contributed by atoms with van der Waals surface area (Å²) < 4.78 is 16.3. The van der Waals surface area contributed by atoms with E-state index in [1.54, 1.807) is 21.3 Å². The Balaban J connectivity index is 2.32. The second-order valence-electron chi connectivity index (χ2n) is 5.68. The lowest BCUT2D eigenvalue weighted by Crippen LogP contribution is -2.18. The minimum Gasteiger partial charge on any atom is -0.497 e. The molecule has 0 aliphatic rings. The van der Waals surface area contributed by atoms with Crippen molar-refractivity contribution in [3.63, 3.8) is 0 Å². The molecule has 0 bridgehead atoms. The highest BCUT2D eigenvalue weighted by Gasteiger charge is 2.13. The van der Waals surface area contributed by atoms with Crippen molar-refractivity contribution in [3.8, 4) is 17.2 Å². The van der Waals surface area contributed by atoms with E-state index in [2.05, 4.69) is 12.1 Å². The van der Waals surface area contributed by atoms with Crippen molar-refractivity contribution in [2.75, 3.05) is 21.3 Å². The van der Waals surface area contributed by atoms with Gasteiger partial charge in [-0.3, -0.25) is 0 Å². The summed E-state index contributed by atoms with van der Waals surface area (Å²) in [6, 6.07) is 12.2. The molecule has 2 N–H and O–H groups in total. The number of ether oxygens (including phenoxy) is 3. The van der Waals surface area contributed by atoms with Gasteiger partial charge in [-0.2, -0.15) is 0 Å². The van der Waals surface area contributed by atoms with Crippen LogP contribution in [0.5, 0.6) is 17.2 Å². The predicted octanol–water partition coefficient (Wildman–Crippen LogP) is 3.19. The van der Waals surface area contributed by atoms with Crippen LogP contribution in [0.15, 0.2) is 36.4 Å². The Hall–Kier alpha value is -2.20. The van der Waals surface area contributed by atoms with E-state index in [1.165, 1.54) is 5.56 Å². The average molecular weight is 315 g/mol. The van der Waals surface area contributed by atoms with Gasteiger partial charge in [-0.25, -0.2) is 0 Å². The van der Waals surface area contributed by atoms with Gasteiger partial charge >= 0.3 is 0 Å². The molecule has 2 rings (SSSR count). The SMILES string of the molecule is COc1ccc(Cc2cc(OC)c(CC(C)N)cc2OC)cc1. The minimum atomic E-state index is 0.0704. The van der Waals surface area contributed by atoms with E-state index in [-0.39, 0.29) is 6.04 Å². The van der Waals surface area contributed by atoms with Gasteiger partial charge in [0.05, 0.1) is 21.3 Å². The first-order valence-corrected chi connectivity index (χ1v) is 7.69. The Labute approximate surface area is 138 Å². The molecule has 0 fully saturated rings. The first kappa shape index (κ1) is 17.2. The lowest BCUT2D eigenvalue weighted by molar-refractivity contribution is 0.394. The quantitative estimate of drug-likeness (QED) is 0.852. The number of hydrogen-bond donors (Lipinski definition) is 1. The normalized spacial score (nSPS) is 11.9. The maximum Gasteiger partial charge on any atom is 0.122 e. The molecule has 1 atom stereocenters. The molecular weight excluding hydrogens is 290 g/mol. The number of methoxy groups -OCH3 is 3. The van der Waals surface area contributed by atoms with Crippen molar-refractivity contribution < 1.29 is 14.2 Å². The molecule has 0 saturated carbocycles. The monoisotopic (exact) mass is 315 g/mol. The fraction of sp³-hybridized carbons (Fsp3) is 0.368. The van der Waals surface area contributed by atoms with E-state index in [0.29, 0.717) is 0 Å². The third-order valence-electron chi connectivity index (χ3n) is 3.78. The molecule has 2 aromatic carbocycles. The number of hydrogen-bond acceptors (Lipinski definition) is 4. The van der Waals surface area contributed by atoms with Gasteiger partial charge in [-0.05, 0) is 48.7 Å². The Morgan fingerprint density at radius 3 is 1.96 bits per heavy atom. The van der Waals surface area contributed by atoms with Crippen LogP contribution in [0.2, 0.25) is 0 Å². The highest BCUT2D eigenvalue weighted by Crippen LogP contribution is 2.31. The van der Waals surface area contributed by atoms with E-state index in [9.17, 15) is 0 Å². The summed E-state index contributed by atoms with van der Waals surface area (Å²) in [5.74, 6) is 2.56. The first-order chi connectivity index (χ1) is 11.1. The molecule has 4 heteroatoms. The molecule has 0 aromatic heterocycles. The van der Waals surface area contributed by atoms with Gasteiger partial charge in [0.25, 0.3) is 0 Å². The Bertz CT molecular complexity index is 636. The summed E-state index contributed by atoms with van der Waals surface area (Å²) in [4.78, 5) is 0. The van der Waals surface area contributed by atoms with E-state index in [0.717, 1.165) is 41.2 Å². The van der Waals surface area contributed by atoms with Gasteiger partial charge in [0.15, 0.2) is 0 Å². The first-order valence-electron chi connectivity index (χ1n) is 7.69. The smallest absolute Gasteiger partial charge is 0.122 e. The van der Waals surface area contributed by atoms with Crippen molar-refractivity contribution in [3.05, 3.63) is 53.1 Å². The largest absolute Gasteiger partial charge is 0.497 e. The minimum absolute atomic E-state index is 0.0704. The summed E-state index contributed by atoms with van der Waals surface area (Å²) in [6.45, 7) is 1.98. The summed E-state index contributed by atoms with van der Waals surface area (Å²) in [5.41, 5.74) is 9.26. The van der Waals surface area contributed by atoms with Gasteiger partial charge in [0.2, 0.25) is 0 Å². The van der Waals surface area contributed by atoms with Crippen molar-refractivity contribution in [1.29, 1.82) is 0 Å². The van der Waals surface area contributed by atoms with Crippen molar-refractivity contribution in [2.24, 2.45) is 5.73 Å². The van der Waals surface area contributed by atoms with Crippen LogP contribution < -0.4 is 19.9 Å². The number of benzene rings is 2. The molecule has 0 saturated heterocycles. The molecule has 23 heavy (non-hydrogen) atoms. The average Bonchev–Trinajstić information content (AvgIpc) is 2.56. The second kappa shape index (κ2) is 7.88. The molecule has 0 radical (unpaired) electrons. The highest BCUT2D eigenvalue weighted by molar-refractivity contribution is 5.49. The van der Waals surface area contributed by atoms with Crippen LogP contribution in [-0.4, -0.2) is 27.4 Å². The summed E-state index contributed by atoms with van der Waals surface area (Å²) in [6.07, 6.45) is 1.52. The van der Waals surface area contributed by atoms with Crippen LogP contribution in [0.4, 0.5) is 0 Å². The standard InChI is InChI=1S/C19H25NO3/c1-13(20)9-15-11-19(23-4)16(12-18(15)22-3)10-14-5-7-17(21-2)8-6-14/h5-8,11-13H,9-10,20H2,1-4H3. The molecule has 4 nitrogen and oxygen atoms in total. The molecular formula is C19H25NO3. The maximum absolute atomic E-state index is 5.92. The van der Waals surface area contributed by atoms with Crippen molar-refractivity contribution in [2.45, 2.75) is 25.8 Å². The van der Waals surface area contributed by atoms with E-state index in [4.69, 9.17) is 19.9 Å². The number of nitrogens with two attached hydrogens (primary N) is 1. The maximum atomic E-state index is 5.92. The third-order valence-corrected chi connectivity index (χ3v) is 3.78. The van der Waals surface area contributed by atoms with Crippen LogP contribution in [-0.2, 0) is 12.8 Å². The molecule has 0 aliphatic heterocycles. The zero-order valence-corrected chi connectivity index (χ0v) is 14.3. The van der Waals surface area contributed by atoms with Gasteiger partial charge in [0.1, 0.15) is 17.2 Å². The lowest BCUT2D eigenvalue weighted by atomic mass is 9.98. The van der Waals surface area contributed by atoms with Crippen LogP contribution in [0.1, 0.15) is 23.6 Å². The van der Waals surface area contributed by atoms with Crippen molar-refractivity contribution >= 4 is 0 Å². The van der Waals surface area contributed by atoms with Crippen LogP contribution in [0, 0.1) is 0 Å². The fourth-order valence-corrected chi connectivity index (χ4v) is 2.63. The van der Waals surface area contributed by atoms with Gasteiger partial charge in [-0.1, -0.05) is 12.1 Å². The zero-order valence-electron chi connectivity index (χ0n) is 14.3. The molecule has 2 aromatic rings. The molecule has 0 amide bonds. The molecule has 0 heterocycles. The zero-order chi connectivity index (χ0) is 16.8. The Morgan fingerprint density at radius 2 is 1.43 bits per heavy atom. The van der Waals surface area contributed by atoms with Crippen LogP contribution >= 0.6 is 0 Å². The van der Waals surface area contributed by atoms with E-state index in [1.807, 2.05) is 31.2 Å². The second-order valence-corrected chi connectivity index (χ2v) is 5.68. The molecule has 124 valence electrons. The highest BCUT2D eigenvalue weighted by atomic mass is 16.5. The van der Waals surface area contributed by atoms with Crippen molar-refractivity contribution in [1.82, 2.24) is 0 Å². The predicted molar refractivity (Wildman–Crippen MR) is 92.7 cm³/mol. The summed E-state index contributed by atoms with van der Waals surface area (Å²) in [7, 11) is 5.04. The Morgan fingerprint density at radius 1 is 0.870 bits per heavy atom. The topological polar surface area (TPSA) is 53.7 Å². The van der Waals surface area contributed by atoms with Crippen LogP contribution in [0.25, 0.3) is 0 Å². The van der Waals surface area contributed by atoms with Gasteiger partial charge in [-0.15, -0.1) is 0 Å². The molecule has 1 unspecified atom stereocenters. The van der Waals surface area contributed by atoms with Gasteiger partial charge in [0, 0.05) is 18.0 Å². The van der Waals surface area contributed by atoms with E-state index < -0.39 is 0 Å². The third kappa shape index (κ3) is 4.39.